The molecule has 72 valence electrons. The molecule has 0 aliphatic rings. The third kappa shape index (κ3) is 2.56. The molecule has 0 radical (unpaired) electrons. The van der Waals surface area contributed by atoms with Crippen molar-refractivity contribution in [1.82, 2.24) is 0 Å². The Morgan fingerprint density at radius 3 is 2.00 bits per heavy atom. The van der Waals surface area contributed by atoms with Crippen molar-refractivity contribution >= 4 is 9.73 Å². The van der Waals surface area contributed by atoms with E-state index in [1.807, 2.05) is 12.1 Å². The van der Waals surface area contributed by atoms with E-state index < -0.39 is 9.73 Å². The van der Waals surface area contributed by atoms with Crippen molar-refractivity contribution in [2.45, 2.75) is 24.7 Å². The lowest BCUT2D eigenvalue weighted by molar-refractivity contribution is 0.679. The first kappa shape index (κ1) is 10.3. The summed E-state index contributed by atoms with van der Waals surface area (Å²) in [5.41, 5.74) is 1.22. The third-order valence-corrected chi connectivity index (χ3v) is 3.17. The molecule has 0 saturated carbocycles. The van der Waals surface area contributed by atoms with Crippen LogP contribution in [0.25, 0.3) is 0 Å². The van der Waals surface area contributed by atoms with Crippen molar-refractivity contribution in [3.8, 4) is 0 Å². The highest BCUT2D eigenvalue weighted by Gasteiger charge is 2.03. The molecule has 13 heavy (non-hydrogen) atoms. The van der Waals surface area contributed by atoms with Crippen molar-refractivity contribution in [2.24, 2.45) is 0 Å². The molecule has 2 nitrogen and oxygen atoms in total. The quantitative estimate of drug-likeness (QED) is 0.778. The minimum atomic E-state index is -2.55. The Bertz CT molecular complexity index is 376. The van der Waals surface area contributed by atoms with Crippen LogP contribution in [0.2, 0.25) is 0 Å². The summed E-state index contributed by atoms with van der Waals surface area (Å²) in [6.45, 7) is 4.22. The van der Waals surface area contributed by atoms with Crippen molar-refractivity contribution in [2.75, 3.05) is 6.26 Å². The van der Waals surface area contributed by atoms with Crippen molar-refractivity contribution in [3.05, 3.63) is 29.8 Å². The van der Waals surface area contributed by atoms with Gasteiger partial charge in [0.05, 0.1) is 9.73 Å². The molecule has 1 atom stereocenters. The average Bonchev–Trinajstić information content (AvgIpc) is 2.03. The predicted molar refractivity (Wildman–Crippen MR) is 55.6 cm³/mol. The Balaban J connectivity index is 3.08. The maximum absolute atomic E-state index is 11.3. The average molecular weight is 197 g/mol. The van der Waals surface area contributed by atoms with Crippen LogP contribution in [-0.4, -0.2) is 10.5 Å². The molecule has 0 heterocycles. The molecule has 0 aromatic heterocycles. The maximum Gasteiger partial charge on any atom is 0.0696 e. The molecule has 0 fully saturated rings. The van der Waals surface area contributed by atoms with Crippen LogP contribution in [0.1, 0.15) is 25.3 Å². The highest BCUT2D eigenvalue weighted by molar-refractivity contribution is 7.91. The highest BCUT2D eigenvalue weighted by atomic mass is 32.2. The van der Waals surface area contributed by atoms with E-state index >= 15 is 0 Å². The molecule has 0 bridgehead atoms. The van der Waals surface area contributed by atoms with Gasteiger partial charge in [0.2, 0.25) is 0 Å². The lowest BCUT2D eigenvalue weighted by Gasteiger charge is -2.06. The molecular weight excluding hydrogens is 182 g/mol. The monoisotopic (exact) mass is 197 g/mol. The number of hydrogen-bond acceptors (Lipinski definition) is 2. The summed E-state index contributed by atoms with van der Waals surface area (Å²) in [5.74, 6) is 0.479. The summed E-state index contributed by atoms with van der Waals surface area (Å²) in [6.07, 6.45) is 1.44. The van der Waals surface area contributed by atoms with E-state index in [4.69, 9.17) is 4.78 Å². The first-order chi connectivity index (χ1) is 5.91. The van der Waals surface area contributed by atoms with E-state index in [1.165, 1.54) is 11.8 Å². The summed E-state index contributed by atoms with van der Waals surface area (Å²) in [4.78, 5) is 0.608. The Kier molecular flexibility index (Phi) is 2.76. The zero-order valence-electron chi connectivity index (χ0n) is 8.20. The summed E-state index contributed by atoms with van der Waals surface area (Å²) in [5, 5.41) is 0. The largest absolute Gasteiger partial charge is 0.249 e. The summed E-state index contributed by atoms with van der Waals surface area (Å²) in [7, 11) is -2.55. The van der Waals surface area contributed by atoms with Gasteiger partial charge >= 0.3 is 0 Å². The molecule has 1 rings (SSSR count). The van der Waals surface area contributed by atoms with Crippen LogP contribution in [0, 0.1) is 4.78 Å². The van der Waals surface area contributed by atoms with E-state index in [2.05, 4.69) is 13.8 Å². The van der Waals surface area contributed by atoms with E-state index in [9.17, 15) is 4.21 Å². The fraction of sp³-hybridized carbons (Fsp3) is 0.400. The van der Waals surface area contributed by atoms with Gasteiger partial charge in [0.1, 0.15) is 0 Å². The summed E-state index contributed by atoms with van der Waals surface area (Å²) < 4.78 is 18.7. The first-order valence-corrected chi connectivity index (χ1v) is 6.21. The van der Waals surface area contributed by atoms with Gasteiger partial charge in [-0.1, -0.05) is 26.0 Å². The van der Waals surface area contributed by atoms with E-state index in [0.717, 1.165) is 0 Å². The second-order valence-corrected chi connectivity index (χ2v) is 5.73. The molecular formula is C10H15NOS. The van der Waals surface area contributed by atoms with Crippen molar-refractivity contribution in [1.29, 1.82) is 4.78 Å². The second kappa shape index (κ2) is 3.50. The molecule has 3 heteroatoms. The molecule has 1 aromatic carbocycles. The van der Waals surface area contributed by atoms with Crippen LogP contribution in [0.5, 0.6) is 0 Å². The van der Waals surface area contributed by atoms with Gasteiger partial charge in [0.25, 0.3) is 0 Å². The molecule has 0 saturated heterocycles. The second-order valence-electron chi connectivity index (χ2n) is 3.57. The maximum atomic E-state index is 11.3. The number of nitrogens with one attached hydrogen (secondary N) is 1. The Morgan fingerprint density at radius 1 is 1.23 bits per heavy atom. The number of rotatable bonds is 2. The molecule has 1 N–H and O–H groups in total. The van der Waals surface area contributed by atoms with Crippen LogP contribution in [0.4, 0.5) is 0 Å². The van der Waals surface area contributed by atoms with Gasteiger partial charge < -0.3 is 0 Å². The molecule has 1 aromatic rings. The normalized spacial score (nSPS) is 15.7. The van der Waals surface area contributed by atoms with E-state index in [-0.39, 0.29) is 0 Å². The van der Waals surface area contributed by atoms with Crippen LogP contribution >= 0.6 is 0 Å². The molecule has 1 unspecified atom stereocenters. The van der Waals surface area contributed by atoms with E-state index in [0.29, 0.717) is 10.8 Å². The van der Waals surface area contributed by atoms with Crippen LogP contribution in [0.3, 0.4) is 0 Å². The minimum Gasteiger partial charge on any atom is -0.249 e. The van der Waals surface area contributed by atoms with Gasteiger partial charge in [-0.05, 0) is 23.6 Å². The van der Waals surface area contributed by atoms with Crippen LogP contribution in [-0.2, 0) is 9.73 Å². The molecule has 0 spiro atoms. The van der Waals surface area contributed by atoms with Crippen molar-refractivity contribution in [3.63, 3.8) is 0 Å². The Labute approximate surface area is 80.0 Å². The SMILES string of the molecule is CC(C)c1ccc(S(C)(=N)=O)cc1. The van der Waals surface area contributed by atoms with Gasteiger partial charge in [-0.15, -0.1) is 0 Å². The highest BCUT2D eigenvalue weighted by Crippen LogP contribution is 2.17. The van der Waals surface area contributed by atoms with Crippen molar-refractivity contribution < 1.29 is 4.21 Å². The standard InChI is InChI=1S/C10H15NOS/c1-8(2)9-4-6-10(7-5-9)13(3,11)12/h4-8,11H,1-3H3. The van der Waals surface area contributed by atoms with Gasteiger partial charge in [-0.25, -0.2) is 8.99 Å². The smallest absolute Gasteiger partial charge is 0.0696 e. The fourth-order valence-corrected chi connectivity index (χ4v) is 1.77. The minimum absolute atomic E-state index is 0.479. The molecule has 0 amide bonds. The zero-order valence-corrected chi connectivity index (χ0v) is 9.02. The first-order valence-electron chi connectivity index (χ1n) is 4.25. The predicted octanol–water partition coefficient (Wildman–Crippen LogP) is 2.85. The van der Waals surface area contributed by atoms with E-state index in [1.54, 1.807) is 12.1 Å². The summed E-state index contributed by atoms with van der Waals surface area (Å²) in [6, 6.07) is 7.45. The summed E-state index contributed by atoms with van der Waals surface area (Å²) >= 11 is 0. The van der Waals surface area contributed by atoms with Gasteiger partial charge in [-0.2, -0.15) is 0 Å². The number of benzene rings is 1. The van der Waals surface area contributed by atoms with Crippen LogP contribution in [0.15, 0.2) is 29.2 Å². The molecule has 0 aliphatic carbocycles. The molecule has 0 aliphatic heterocycles. The van der Waals surface area contributed by atoms with Gasteiger partial charge in [0.15, 0.2) is 0 Å². The Hall–Kier alpha value is -0.830. The third-order valence-electron chi connectivity index (χ3n) is 2.00. The van der Waals surface area contributed by atoms with Gasteiger partial charge in [-0.3, -0.25) is 0 Å². The fourth-order valence-electron chi connectivity index (χ4n) is 1.11. The lowest BCUT2D eigenvalue weighted by atomic mass is 10.0. The topological polar surface area (TPSA) is 40.9 Å². The van der Waals surface area contributed by atoms with Crippen LogP contribution < -0.4 is 0 Å². The van der Waals surface area contributed by atoms with Gasteiger partial charge in [0, 0.05) is 11.2 Å². The number of hydrogen-bond donors (Lipinski definition) is 1. The lowest BCUT2D eigenvalue weighted by Crippen LogP contribution is -1.95. The Morgan fingerprint density at radius 2 is 1.69 bits per heavy atom. The zero-order chi connectivity index (χ0) is 10.1.